The van der Waals surface area contributed by atoms with Crippen LogP contribution >= 0.6 is 0 Å². The minimum absolute atomic E-state index is 0.0565. The van der Waals surface area contributed by atoms with Gasteiger partial charge in [0.2, 0.25) is 0 Å². The highest BCUT2D eigenvalue weighted by Crippen LogP contribution is 2.21. The molecule has 110 valence electrons. The Morgan fingerprint density at radius 1 is 1.26 bits per heavy atom. The van der Waals surface area contributed by atoms with Gasteiger partial charge >= 0.3 is 11.9 Å². The molecule has 4 nitrogen and oxygen atoms in total. The minimum atomic E-state index is -0.544. The Balaban J connectivity index is 4.57. The molecule has 0 aliphatic heterocycles. The lowest BCUT2D eigenvalue weighted by molar-refractivity contribution is -0.164. The van der Waals surface area contributed by atoms with Crippen molar-refractivity contribution >= 4 is 11.9 Å². The highest BCUT2D eigenvalue weighted by Gasteiger charge is 2.28. The highest BCUT2D eigenvalue weighted by molar-refractivity contribution is 5.80. The zero-order valence-electron chi connectivity index (χ0n) is 12.7. The Hall–Kier alpha value is -1.32. The quantitative estimate of drug-likeness (QED) is 0.527. The molecule has 0 aromatic heterocycles. The fraction of sp³-hybridized carbons (Fsp3) is 0.733. The van der Waals surface area contributed by atoms with Crippen LogP contribution in [0.4, 0.5) is 0 Å². The van der Waals surface area contributed by atoms with Crippen LogP contribution in [0.25, 0.3) is 0 Å². The molecular weight excluding hydrogens is 244 g/mol. The van der Waals surface area contributed by atoms with E-state index in [1.807, 2.05) is 34.6 Å². The van der Waals surface area contributed by atoms with Gasteiger partial charge in [-0.15, -0.1) is 0 Å². The van der Waals surface area contributed by atoms with Crippen molar-refractivity contribution in [1.29, 1.82) is 0 Å². The van der Waals surface area contributed by atoms with Gasteiger partial charge in [-0.05, 0) is 33.1 Å². The molecule has 0 aliphatic rings. The van der Waals surface area contributed by atoms with Crippen molar-refractivity contribution in [2.75, 3.05) is 6.61 Å². The van der Waals surface area contributed by atoms with Crippen LogP contribution in [-0.4, -0.2) is 24.1 Å². The summed E-state index contributed by atoms with van der Waals surface area (Å²) in [6, 6.07) is 0. The third kappa shape index (κ3) is 9.28. The standard InChI is InChI=1S/C15H26O4/c1-7-8-18-13(16)10-12(9-11(2)3)14(17)19-15(4,5)6/h7,11-12H,1,8-10H2,2-6H3/t12-/m1/s1. The van der Waals surface area contributed by atoms with Gasteiger partial charge in [-0.3, -0.25) is 9.59 Å². The normalized spacial score (nSPS) is 12.9. The minimum Gasteiger partial charge on any atom is -0.461 e. The summed E-state index contributed by atoms with van der Waals surface area (Å²) < 4.78 is 10.3. The summed E-state index contributed by atoms with van der Waals surface area (Å²) in [6.07, 6.45) is 2.17. The molecule has 0 aromatic rings. The van der Waals surface area contributed by atoms with Crippen LogP contribution in [0.3, 0.4) is 0 Å². The first-order chi connectivity index (χ1) is 8.65. The van der Waals surface area contributed by atoms with Crippen molar-refractivity contribution in [1.82, 2.24) is 0 Å². The molecule has 0 rings (SSSR count). The second-order valence-electron chi connectivity index (χ2n) is 6.04. The zero-order chi connectivity index (χ0) is 15.1. The Labute approximate surface area is 116 Å². The predicted octanol–water partition coefficient (Wildman–Crippen LogP) is 3.11. The van der Waals surface area contributed by atoms with Crippen molar-refractivity contribution in [2.45, 2.75) is 53.1 Å². The first kappa shape index (κ1) is 17.7. The van der Waals surface area contributed by atoms with Crippen molar-refractivity contribution in [2.24, 2.45) is 11.8 Å². The van der Waals surface area contributed by atoms with Crippen LogP contribution < -0.4 is 0 Å². The van der Waals surface area contributed by atoms with Gasteiger partial charge in [-0.1, -0.05) is 26.5 Å². The third-order valence-electron chi connectivity index (χ3n) is 2.27. The number of carbonyl (C=O) groups is 2. The van der Waals surface area contributed by atoms with Gasteiger partial charge in [0.25, 0.3) is 0 Å². The third-order valence-corrected chi connectivity index (χ3v) is 2.27. The molecule has 1 atom stereocenters. The van der Waals surface area contributed by atoms with Crippen LogP contribution in [0.1, 0.15) is 47.5 Å². The van der Waals surface area contributed by atoms with Gasteiger partial charge in [0, 0.05) is 0 Å². The van der Waals surface area contributed by atoms with E-state index in [2.05, 4.69) is 6.58 Å². The number of hydrogen-bond donors (Lipinski definition) is 0. The molecule has 19 heavy (non-hydrogen) atoms. The molecule has 0 saturated heterocycles. The summed E-state index contributed by atoms with van der Waals surface area (Å²) in [5.41, 5.74) is -0.544. The number of hydrogen-bond acceptors (Lipinski definition) is 4. The van der Waals surface area contributed by atoms with E-state index in [-0.39, 0.29) is 19.0 Å². The first-order valence-electron chi connectivity index (χ1n) is 6.65. The van der Waals surface area contributed by atoms with Gasteiger partial charge in [-0.2, -0.15) is 0 Å². The Kier molecular flexibility index (Phi) is 7.42. The van der Waals surface area contributed by atoms with Gasteiger partial charge < -0.3 is 9.47 Å². The molecule has 0 aromatic carbocycles. The lowest BCUT2D eigenvalue weighted by Gasteiger charge is -2.24. The van der Waals surface area contributed by atoms with Crippen LogP contribution in [0.5, 0.6) is 0 Å². The lowest BCUT2D eigenvalue weighted by Crippen LogP contribution is -2.31. The molecule has 0 radical (unpaired) electrons. The van der Waals surface area contributed by atoms with E-state index in [1.165, 1.54) is 6.08 Å². The van der Waals surface area contributed by atoms with E-state index in [9.17, 15) is 9.59 Å². The molecule has 0 fully saturated rings. The summed E-state index contributed by atoms with van der Waals surface area (Å²) in [7, 11) is 0. The molecule has 4 heteroatoms. The van der Waals surface area contributed by atoms with Crippen LogP contribution in [0, 0.1) is 11.8 Å². The van der Waals surface area contributed by atoms with Crippen molar-refractivity contribution in [3.63, 3.8) is 0 Å². The first-order valence-corrected chi connectivity index (χ1v) is 6.65. The van der Waals surface area contributed by atoms with E-state index in [4.69, 9.17) is 9.47 Å². The zero-order valence-corrected chi connectivity index (χ0v) is 12.7. The fourth-order valence-corrected chi connectivity index (χ4v) is 1.63. The molecule has 0 unspecified atom stereocenters. The molecular formula is C15H26O4. The van der Waals surface area contributed by atoms with Crippen LogP contribution in [0.2, 0.25) is 0 Å². The van der Waals surface area contributed by atoms with Crippen molar-refractivity contribution in [3.05, 3.63) is 12.7 Å². The summed E-state index contributed by atoms with van der Waals surface area (Å²) >= 11 is 0. The molecule has 0 spiro atoms. The maximum absolute atomic E-state index is 12.1. The fourth-order valence-electron chi connectivity index (χ4n) is 1.63. The van der Waals surface area contributed by atoms with Crippen molar-refractivity contribution in [3.8, 4) is 0 Å². The molecule has 0 bridgehead atoms. The monoisotopic (exact) mass is 270 g/mol. The maximum atomic E-state index is 12.1. The van der Waals surface area contributed by atoms with E-state index in [0.717, 1.165) is 0 Å². The Morgan fingerprint density at radius 3 is 2.26 bits per heavy atom. The number of carbonyl (C=O) groups excluding carboxylic acids is 2. The predicted molar refractivity (Wildman–Crippen MR) is 74.6 cm³/mol. The summed E-state index contributed by atoms with van der Waals surface area (Å²) in [5, 5.41) is 0. The largest absolute Gasteiger partial charge is 0.461 e. The van der Waals surface area contributed by atoms with Gasteiger partial charge in [0.05, 0.1) is 12.3 Å². The SMILES string of the molecule is C=CCOC(=O)C[C@@H](CC(C)C)C(=O)OC(C)(C)C. The van der Waals surface area contributed by atoms with Gasteiger partial charge in [0.15, 0.2) is 0 Å². The van der Waals surface area contributed by atoms with Gasteiger partial charge in [-0.25, -0.2) is 0 Å². The average Bonchev–Trinajstić information content (AvgIpc) is 2.22. The summed E-state index contributed by atoms with van der Waals surface area (Å²) in [5.74, 6) is -0.866. The Morgan fingerprint density at radius 2 is 1.84 bits per heavy atom. The topological polar surface area (TPSA) is 52.6 Å². The van der Waals surface area contributed by atoms with Crippen LogP contribution in [-0.2, 0) is 19.1 Å². The van der Waals surface area contributed by atoms with E-state index in [0.29, 0.717) is 12.3 Å². The lowest BCUT2D eigenvalue weighted by atomic mass is 9.94. The van der Waals surface area contributed by atoms with Crippen molar-refractivity contribution < 1.29 is 19.1 Å². The summed E-state index contributed by atoms with van der Waals surface area (Å²) in [6.45, 7) is 13.1. The van der Waals surface area contributed by atoms with Crippen LogP contribution in [0.15, 0.2) is 12.7 Å². The molecule has 0 amide bonds. The Bertz CT molecular complexity index is 313. The van der Waals surface area contributed by atoms with E-state index < -0.39 is 17.5 Å². The number of ether oxygens (including phenoxy) is 2. The summed E-state index contributed by atoms with van der Waals surface area (Å²) in [4.78, 5) is 23.6. The average molecular weight is 270 g/mol. The maximum Gasteiger partial charge on any atom is 0.310 e. The van der Waals surface area contributed by atoms with E-state index >= 15 is 0 Å². The molecule has 0 aliphatic carbocycles. The second-order valence-corrected chi connectivity index (χ2v) is 6.04. The number of esters is 2. The van der Waals surface area contributed by atoms with Gasteiger partial charge in [0.1, 0.15) is 12.2 Å². The molecule has 0 saturated carbocycles. The molecule has 0 heterocycles. The van der Waals surface area contributed by atoms with E-state index in [1.54, 1.807) is 0 Å². The highest BCUT2D eigenvalue weighted by atomic mass is 16.6. The molecule has 0 N–H and O–H groups in total. The second kappa shape index (κ2) is 7.97. The smallest absolute Gasteiger partial charge is 0.310 e. The number of rotatable bonds is 7.